The number of rotatable bonds is 15. The summed E-state index contributed by atoms with van der Waals surface area (Å²) < 4.78 is 1.33. The van der Waals surface area contributed by atoms with Crippen molar-refractivity contribution in [2.45, 2.75) is 122 Å². The summed E-state index contributed by atoms with van der Waals surface area (Å²) in [6, 6.07) is 6.90. The van der Waals surface area contributed by atoms with Crippen molar-refractivity contribution < 1.29 is 0 Å². The normalized spacial score (nSPS) is 16.3. The number of aromatic nitrogens is 1. The second-order valence-corrected chi connectivity index (χ2v) is 11.0. The van der Waals surface area contributed by atoms with Gasteiger partial charge in [0, 0.05) is 20.2 Å². The van der Waals surface area contributed by atoms with Gasteiger partial charge < -0.3 is 4.98 Å². The minimum absolute atomic E-state index is 0.910. The van der Waals surface area contributed by atoms with E-state index in [0.29, 0.717) is 0 Å². The highest BCUT2D eigenvalue weighted by Gasteiger charge is 2.22. The Kier molecular flexibility index (Phi) is 11.1. The second kappa shape index (κ2) is 13.8. The van der Waals surface area contributed by atoms with Crippen LogP contribution in [-0.2, 0) is 12.8 Å². The molecule has 2 heteroatoms. The summed E-state index contributed by atoms with van der Waals surface area (Å²) in [6.07, 6.45) is 25.8. The molecule has 1 atom stereocenters. The Bertz CT molecular complexity index is 732. The fourth-order valence-corrected chi connectivity index (χ4v) is 5.83. The number of hydrogen-bond donors (Lipinski definition) is 1. The van der Waals surface area contributed by atoms with E-state index in [1.54, 1.807) is 5.56 Å². The molecule has 0 amide bonds. The Labute approximate surface area is 199 Å². The molecule has 0 fully saturated rings. The van der Waals surface area contributed by atoms with Gasteiger partial charge in [0.2, 0.25) is 0 Å². The predicted octanol–water partition coefficient (Wildman–Crippen LogP) is 9.75. The quantitative estimate of drug-likeness (QED) is 0.177. The second-order valence-electron chi connectivity index (χ2n) is 9.77. The van der Waals surface area contributed by atoms with Crippen LogP contribution in [0.1, 0.15) is 121 Å². The lowest BCUT2D eigenvalue weighted by atomic mass is 9.83. The van der Waals surface area contributed by atoms with Gasteiger partial charge in [-0.3, -0.25) is 0 Å². The Hall–Kier alpha value is -0.510. The molecule has 1 aliphatic carbocycles. The highest BCUT2D eigenvalue weighted by molar-refractivity contribution is 14.1. The van der Waals surface area contributed by atoms with Crippen LogP contribution >= 0.6 is 22.6 Å². The van der Waals surface area contributed by atoms with Gasteiger partial charge in [0.1, 0.15) is 0 Å². The summed E-state index contributed by atoms with van der Waals surface area (Å²) in [5.41, 5.74) is 4.50. The molecule has 2 aromatic rings. The molecule has 168 valence electrons. The van der Waals surface area contributed by atoms with E-state index in [4.69, 9.17) is 0 Å². The number of H-pyrrole nitrogens is 1. The number of nitrogens with one attached hydrogen (secondary N) is 1. The minimum atomic E-state index is 0.910. The van der Waals surface area contributed by atoms with Crippen LogP contribution in [0.2, 0.25) is 0 Å². The molecular weight excluding hydrogens is 477 g/mol. The van der Waals surface area contributed by atoms with E-state index in [2.05, 4.69) is 52.7 Å². The SMILES string of the molecule is CCCCCCCCCCCCCCCCC1CCc2[nH]c3cc(I)ccc3c2C1. The standard InChI is InChI=1S/C28H44IN/c1-2-3-4-5-6-7-8-9-10-11-12-13-14-15-16-23-17-20-27-26(21-23)25-19-18-24(29)22-28(25)30-27/h18-19,22-23,30H,2-17,20-21H2,1H3. The zero-order chi connectivity index (χ0) is 21.0. The van der Waals surface area contributed by atoms with E-state index in [9.17, 15) is 0 Å². The number of fused-ring (bicyclic) bond motifs is 3. The molecule has 1 aromatic carbocycles. The Morgan fingerprint density at radius 3 is 2.07 bits per heavy atom. The van der Waals surface area contributed by atoms with Crippen LogP contribution in [0.4, 0.5) is 0 Å². The van der Waals surface area contributed by atoms with Crippen LogP contribution < -0.4 is 0 Å². The lowest BCUT2D eigenvalue weighted by molar-refractivity contribution is 0.403. The van der Waals surface area contributed by atoms with Gasteiger partial charge in [-0.25, -0.2) is 0 Å². The maximum Gasteiger partial charge on any atom is 0.0469 e. The predicted molar refractivity (Wildman–Crippen MR) is 141 cm³/mol. The summed E-state index contributed by atoms with van der Waals surface area (Å²) in [7, 11) is 0. The maximum absolute atomic E-state index is 3.69. The van der Waals surface area contributed by atoms with Crippen LogP contribution in [0.25, 0.3) is 10.9 Å². The molecule has 1 unspecified atom stereocenters. The van der Waals surface area contributed by atoms with Gasteiger partial charge in [0.25, 0.3) is 0 Å². The summed E-state index contributed by atoms with van der Waals surface area (Å²) in [5, 5.41) is 1.48. The van der Waals surface area contributed by atoms with Crippen molar-refractivity contribution in [3.63, 3.8) is 0 Å². The van der Waals surface area contributed by atoms with E-state index in [0.717, 1.165) is 5.92 Å². The van der Waals surface area contributed by atoms with Gasteiger partial charge in [-0.05, 0) is 65.5 Å². The molecule has 0 radical (unpaired) electrons. The van der Waals surface area contributed by atoms with Crippen LogP contribution in [0.5, 0.6) is 0 Å². The number of aromatic amines is 1. The van der Waals surface area contributed by atoms with Gasteiger partial charge in [0.05, 0.1) is 0 Å². The van der Waals surface area contributed by atoms with E-state index in [1.807, 2.05) is 0 Å². The Morgan fingerprint density at radius 1 is 0.833 bits per heavy atom. The van der Waals surface area contributed by atoms with Crippen molar-refractivity contribution in [2.75, 3.05) is 0 Å². The third kappa shape index (κ3) is 7.88. The van der Waals surface area contributed by atoms with Gasteiger partial charge >= 0.3 is 0 Å². The molecule has 0 saturated carbocycles. The van der Waals surface area contributed by atoms with E-state index in [-0.39, 0.29) is 0 Å². The largest absolute Gasteiger partial charge is 0.358 e. The molecule has 1 aromatic heterocycles. The highest BCUT2D eigenvalue weighted by atomic mass is 127. The zero-order valence-corrected chi connectivity index (χ0v) is 21.6. The fraction of sp³-hybridized carbons (Fsp3) is 0.714. The van der Waals surface area contributed by atoms with Gasteiger partial charge in [-0.15, -0.1) is 0 Å². The van der Waals surface area contributed by atoms with Crippen molar-refractivity contribution in [1.82, 2.24) is 4.98 Å². The average molecular weight is 522 g/mol. The number of unbranched alkanes of at least 4 members (excludes halogenated alkanes) is 13. The van der Waals surface area contributed by atoms with E-state index in [1.165, 1.54) is 136 Å². The zero-order valence-electron chi connectivity index (χ0n) is 19.4. The Morgan fingerprint density at radius 2 is 1.43 bits per heavy atom. The third-order valence-corrected chi connectivity index (χ3v) is 7.89. The molecule has 1 aliphatic rings. The lowest BCUT2D eigenvalue weighted by Gasteiger charge is -2.22. The molecule has 0 aliphatic heterocycles. The first kappa shape index (κ1) is 24.1. The Balaban J connectivity index is 1.19. The van der Waals surface area contributed by atoms with Crippen molar-refractivity contribution in [3.8, 4) is 0 Å². The molecule has 1 heterocycles. The number of aryl methyl sites for hydroxylation is 1. The molecule has 1 nitrogen and oxygen atoms in total. The van der Waals surface area contributed by atoms with Crippen LogP contribution in [0.3, 0.4) is 0 Å². The molecule has 30 heavy (non-hydrogen) atoms. The fourth-order valence-electron chi connectivity index (χ4n) is 5.34. The van der Waals surface area contributed by atoms with Crippen molar-refractivity contribution in [1.29, 1.82) is 0 Å². The average Bonchev–Trinajstić information content (AvgIpc) is 3.10. The van der Waals surface area contributed by atoms with Crippen molar-refractivity contribution >= 4 is 33.5 Å². The van der Waals surface area contributed by atoms with Crippen molar-refractivity contribution in [3.05, 3.63) is 33.0 Å². The summed E-state index contributed by atoms with van der Waals surface area (Å²) in [6.45, 7) is 2.30. The summed E-state index contributed by atoms with van der Waals surface area (Å²) >= 11 is 2.42. The molecule has 3 rings (SSSR count). The molecule has 0 saturated heterocycles. The van der Waals surface area contributed by atoms with Crippen molar-refractivity contribution in [2.24, 2.45) is 5.92 Å². The van der Waals surface area contributed by atoms with Gasteiger partial charge in [-0.1, -0.05) is 109 Å². The number of halogens is 1. The van der Waals surface area contributed by atoms with Crippen LogP contribution in [-0.4, -0.2) is 4.98 Å². The number of hydrogen-bond acceptors (Lipinski definition) is 0. The number of benzene rings is 1. The topological polar surface area (TPSA) is 15.8 Å². The van der Waals surface area contributed by atoms with Gasteiger partial charge in [0.15, 0.2) is 0 Å². The third-order valence-electron chi connectivity index (χ3n) is 7.22. The van der Waals surface area contributed by atoms with E-state index >= 15 is 0 Å². The first-order valence-corrected chi connectivity index (χ1v) is 14.1. The maximum atomic E-state index is 3.69. The van der Waals surface area contributed by atoms with E-state index < -0.39 is 0 Å². The minimum Gasteiger partial charge on any atom is -0.358 e. The molecule has 0 spiro atoms. The van der Waals surface area contributed by atoms with Gasteiger partial charge in [-0.2, -0.15) is 0 Å². The monoisotopic (exact) mass is 521 g/mol. The highest BCUT2D eigenvalue weighted by Crippen LogP contribution is 2.34. The molecule has 0 bridgehead atoms. The first-order chi connectivity index (χ1) is 14.8. The smallest absolute Gasteiger partial charge is 0.0469 e. The van der Waals surface area contributed by atoms with Crippen LogP contribution in [0.15, 0.2) is 18.2 Å². The first-order valence-electron chi connectivity index (χ1n) is 13.1. The molecule has 1 N–H and O–H groups in total. The summed E-state index contributed by atoms with van der Waals surface area (Å²) in [4.78, 5) is 3.69. The lowest BCUT2D eigenvalue weighted by Crippen LogP contribution is -2.13. The summed E-state index contributed by atoms with van der Waals surface area (Å²) in [5.74, 6) is 0.910. The van der Waals surface area contributed by atoms with Crippen LogP contribution in [0, 0.1) is 9.49 Å². The molecular formula is C28H44IN.